The maximum absolute atomic E-state index is 5.92. The van der Waals surface area contributed by atoms with Gasteiger partial charge in [-0.05, 0) is 70.6 Å². The van der Waals surface area contributed by atoms with E-state index in [1.165, 1.54) is 48.2 Å². The van der Waals surface area contributed by atoms with Gasteiger partial charge in [-0.25, -0.2) is 0 Å². The van der Waals surface area contributed by atoms with Gasteiger partial charge in [-0.15, -0.1) is 6.42 Å². The predicted molar refractivity (Wildman–Crippen MR) is 144 cm³/mol. The second-order valence-electron chi connectivity index (χ2n) is 9.13. The van der Waals surface area contributed by atoms with Crippen LogP contribution >= 0.6 is 0 Å². The Balaban J connectivity index is 2.68. The van der Waals surface area contributed by atoms with Gasteiger partial charge in [0.1, 0.15) is 6.04 Å². The molecule has 0 fully saturated rings. The smallest absolute Gasteiger partial charge is 0.108 e. The van der Waals surface area contributed by atoms with Crippen LogP contribution in [0.1, 0.15) is 71.8 Å². The molecule has 2 nitrogen and oxygen atoms in total. The first-order valence-corrected chi connectivity index (χ1v) is 12.3. The van der Waals surface area contributed by atoms with Gasteiger partial charge in [0.25, 0.3) is 0 Å². The highest BCUT2D eigenvalue weighted by Crippen LogP contribution is 2.19. The van der Waals surface area contributed by atoms with Crippen LogP contribution in [0.2, 0.25) is 0 Å². The number of hydrogen-bond donors (Lipinski definition) is 0. The first-order chi connectivity index (χ1) is 15.3. The molecule has 1 aromatic rings. The monoisotopic (exact) mass is 434 g/mol. The van der Waals surface area contributed by atoms with Crippen molar-refractivity contribution in [3.8, 4) is 12.3 Å². The van der Waals surface area contributed by atoms with E-state index in [0.717, 1.165) is 19.4 Å². The Morgan fingerprint density at radius 3 is 2.19 bits per heavy atom. The number of unbranched alkanes of at least 4 members (excludes halogenated alkanes) is 1. The number of allylic oxidation sites excluding steroid dienone is 4. The fourth-order valence-electron chi connectivity index (χ4n) is 3.99. The van der Waals surface area contributed by atoms with Gasteiger partial charge in [-0.3, -0.25) is 0 Å². The summed E-state index contributed by atoms with van der Waals surface area (Å²) in [6.45, 7) is 12.0. The molecule has 0 aliphatic rings. The lowest BCUT2D eigenvalue weighted by atomic mass is 9.97. The zero-order valence-corrected chi connectivity index (χ0v) is 21.7. The molecule has 0 aliphatic heterocycles. The van der Waals surface area contributed by atoms with Crippen LogP contribution < -0.4 is 4.90 Å². The van der Waals surface area contributed by atoms with Gasteiger partial charge >= 0.3 is 0 Å². The van der Waals surface area contributed by atoms with Gasteiger partial charge < -0.3 is 9.80 Å². The summed E-state index contributed by atoms with van der Waals surface area (Å²) >= 11 is 0. The number of anilines is 1. The molecule has 0 saturated heterocycles. The molecule has 1 atom stereocenters. The highest BCUT2D eigenvalue weighted by atomic mass is 15.1. The minimum absolute atomic E-state index is 0.0200. The Morgan fingerprint density at radius 1 is 1.03 bits per heavy atom. The summed E-state index contributed by atoms with van der Waals surface area (Å²) in [5, 5.41) is 0. The summed E-state index contributed by atoms with van der Waals surface area (Å²) < 4.78 is 0. The molecular formula is C30H46N2. The normalized spacial score (nSPS) is 12.3. The molecule has 0 radical (unpaired) electrons. The fourth-order valence-corrected chi connectivity index (χ4v) is 3.99. The fraction of sp³-hybridized carbons (Fsp3) is 0.533. The Morgan fingerprint density at radius 2 is 1.66 bits per heavy atom. The van der Waals surface area contributed by atoms with Gasteiger partial charge in [0.2, 0.25) is 0 Å². The third-order valence-electron chi connectivity index (χ3n) is 5.98. The van der Waals surface area contributed by atoms with E-state index >= 15 is 0 Å². The molecule has 0 amide bonds. The maximum atomic E-state index is 5.92. The molecule has 0 aromatic heterocycles. The van der Waals surface area contributed by atoms with Crippen molar-refractivity contribution in [3.63, 3.8) is 0 Å². The van der Waals surface area contributed by atoms with Crippen LogP contribution in [0.4, 0.5) is 5.69 Å². The molecule has 0 saturated carbocycles. The Bertz CT molecular complexity index is 766. The van der Waals surface area contributed by atoms with Crippen LogP contribution in [0.25, 0.3) is 0 Å². The van der Waals surface area contributed by atoms with Crippen molar-refractivity contribution >= 4 is 5.69 Å². The zero-order valence-electron chi connectivity index (χ0n) is 21.7. The largest absolute Gasteiger partial charge is 0.375 e. The molecule has 176 valence electrons. The third kappa shape index (κ3) is 9.82. The molecule has 0 bridgehead atoms. The van der Waals surface area contributed by atoms with Crippen LogP contribution in [0.3, 0.4) is 0 Å². The Kier molecular flexibility index (Phi) is 13.3. The lowest BCUT2D eigenvalue weighted by Gasteiger charge is -2.27. The molecule has 32 heavy (non-hydrogen) atoms. The summed E-state index contributed by atoms with van der Waals surface area (Å²) in [4.78, 5) is 4.55. The van der Waals surface area contributed by atoms with E-state index < -0.39 is 0 Å². The minimum Gasteiger partial charge on any atom is -0.375 e. The molecule has 1 aromatic carbocycles. The van der Waals surface area contributed by atoms with Crippen LogP contribution in [0.15, 0.2) is 59.8 Å². The van der Waals surface area contributed by atoms with Gasteiger partial charge in [-0.2, -0.15) is 0 Å². The van der Waals surface area contributed by atoms with E-state index in [4.69, 9.17) is 6.42 Å². The summed E-state index contributed by atoms with van der Waals surface area (Å²) in [6.07, 6.45) is 22.1. The standard InChI is InChI=1S/C30H46N2/c1-9-15-27(16-10-2)20-23-28(11-3)32(8)30(25(4)5)17-13-12-14-24-31(7)29-21-18-26(6)19-22-29/h3,13,17-23,27-28H,9-10,12,14-16,24H2,1-2,4-8H3/b17-13-,23-20+. The average molecular weight is 435 g/mol. The van der Waals surface area contributed by atoms with Crippen LogP contribution in [-0.4, -0.2) is 31.6 Å². The van der Waals surface area contributed by atoms with Gasteiger partial charge in [0, 0.05) is 32.0 Å². The topological polar surface area (TPSA) is 6.48 Å². The number of benzene rings is 1. The molecule has 1 rings (SSSR count). The summed E-state index contributed by atoms with van der Waals surface area (Å²) in [6, 6.07) is 8.71. The molecule has 0 N–H and O–H groups in total. The summed E-state index contributed by atoms with van der Waals surface area (Å²) in [7, 11) is 4.28. The van der Waals surface area contributed by atoms with Gasteiger partial charge in [0.15, 0.2) is 0 Å². The highest BCUT2D eigenvalue weighted by Gasteiger charge is 2.12. The highest BCUT2D eigenvalue weighted by molar-refractivity contribution is 5.46. The number of hydrogen-bond acceptors (Lipinski definition) is 2. The molecule has 0 spiro atoms. The lowest BCUT2D eigenvalue weighted by Crippen LogP contribution is -2.28. The Labute approximate surface area is 199 Å². The van der Waals surface area contributed by atoms with Crippen molar-refractivity contribution < 1.29 is 0 Å². The van der Waals surface area contributed by atoms with Crippen LogP contribution in [0, 0.1) is 25.2 Å². The van der Waals surface area contributed by atoms with Crippen molar-refractivity contribution in [2.24, 2.45) is 5.92 Å². The van der Waals surface area contributed by atoms with Crippen molar-refractivity contribution in [1.29, 1.82) is 0 Å². The molecule has 0 heterocycles. The number of terminal acetylenes is 1. The van der Waals surface area contributed by atoms with E-state index in [1.54, 1.807) is 0 Å². The van der Waals surface area contributed by atoms with Crippen molar-refractivity contribution in [1.82, 2.24) is 4.90 Å². The van der Waals surface area contributed by atoms with E-state index in [9.17, 15) is 0 Å². The predicted octanol–water partition coefficient (Wildman–Crippen LogP) is 7.77. The summed E-state index contributed by atoms with van der Waals surface area (Å²) in [5.41, 5.74) is 5.08. The van der Waals surface area contributed by atoms with E-state index in [-0.39, 0.29) is 6.04 Å². The number of rotatable bonds is 14. The first kappa shape index (κ1) is 27.6. The quantitative estimate of drug-likeness (QED) is 0.128. The molecule has 1 unspecified atom stereocenters. The van der Waals surface area contributed by atoms with E-state index in [1.807, 2.05) is 0 Å². The lowest BCUT2D eigenvalue weighted by molar-refractivity contribution is 0.414. The van der Waals surface area contributed by atoms with E-state index in [0.29, 0.717) is 5.92 Å². The summed E-state index contributed by atoms with van der Waals surface area (Å²) in [5.74, 6) is 3.61. The number of aryl methyl sites for hydroxylation is 1. The van der Waals surface area contributed by atoms with Gasteiger partial charge in [-0.1, -0.05) is 74.1 Å². The zero-order chi connectivity index (χ0) is 23.9. The molecule has 0 aliphatic carbocycles. The molecule has 2 heteroatoms. The number of nitrogens with zero attached hydrogens (tertiary/aromatic N) is 2. The third-order valence-corrected chi connectivity index (χ3v) is 5.98. The minimum atomic E-state index is -0.0200. The van der Waals surface area contributed by atoms with Crippen molar-refractivity contribution in [3.05, 3.63) is 65.4 Å². The second kappa shape index (κ2) is 15.4. The van der Waals surface area contributed by atoms with E-state index in [2.05, 4.69) is 113 Å². The van der Waals surface area contributed by atoms with Crippen LogP contribution in [0.5, 0.6) is 0 Å². The SMILES string of the molecule is C#CC(/C=C/C(CCC)CCC)N(C)C(/C=C\CCCN(C)c1ccc(C)cc1)=C(C)C. The second-order valence-corrected chi connectivity index (χ2v) is 9.13. The van der Waals surface area contributed by atoms with Crippen molar-refractivity contribution in [2.75, 3.05) is 25.5 Å². The number of likely N-dealkylation sites (N-methyl/N-ethyl adjacent to an activating group) is 1. The van der Waals surface area contributed by atoms with Crippen molar-refractivity contribution in [2.45, 2.75) is 79.2 Å². The molecular weight excluding hydrogens is 388 g/mol. The van der Waals surface area contributed by atoms with Gasteiger partial charge in [0.05, 0.1) is 0 Å². The Hall–Kier alpha value is -2.40. The first-order valence-electron chi connectivity index (χ1n) is 12.3. The maximum Gasteiger partial charge on any atom is 0.108 e. The van der Waals surface area contributed by atoms with Crippen LogP contribution in [-0.2, 0) is 0 Å². The average Bonchev–Trinajstić information content (AvgIpc) is 2.76.